The average molecular weight is 369 g/mol. The van der Waals surface area contributed by atoms with Crippen LogP contribution in [-0.2, 0) is 11.3 Å². The maximum absolute atomic E-state index is 10.7. The average Bonchev–Trinajstić information content (AvgIpc) is 2.95. The van der Waals surface area contributed by atoms with E-state index in [-0.39, 0.29) is 5.75 Å². The molecule has 1 spiro atoms. The van der Waals surface area contributed by atoms with Crippen LogP contribution < -0.4 is 14.8 Å². The van der Waals surface area contributed by atoms with Crippen LogP contribution in [0.4, 0.5) is 0 Å². The van der Waals surface area contributed by atoms with E-state index < -0.39 is 12.6 Å². The van der Waals surface area contributed by atoms with Gasteiger partial charge in [0.25, 0.3) is 0 Å². The van der Waals surface area contributed by atoms with Crippen molar-refractivity contribution in [1.29, 1.82) is 0 Å². The van der Waals surface area contributed by atoms with Crippen molar-refractivity contribution >= 4 is 17.6 Å². The third kappa shape index (κ3) is 4.37. The molecule has 2 aliphatic heterocycles. The highest BCUT2D eigenvalue weighted by Crippen LogP contribution is 2.40. The van der Waals surface area contributed by atoms with Crippen molar-refractivity contribution in [2.24, 2.45) is 5.41 Å². The molecule has 2 fully saturated rings. The fourth-order valence-corrected chi connectivity index (χ4v) is 4.21. The van der Waals surface area contributed by atoms with E-state index in [1.165, 1.54) is 26.4 Å². The zero-order valence-electron chi connectivity index (χ0n) is 14.5. The van der Waals surface area contributed by atoms with Crippen LogP contribution in [0.2, 0.25) is 5.02 Å². The van der Waals surface area contributed by atoms with Crippen LogP contribution in [0, 0.1) is 5.41 Å². The van der Waals surface area contributed by atoms with E-state index in [4.69, 9.17) is 26.2 Å². The van der Waals surface area contributed by atoms with Crippen LogP contribution in [-0.4, -0.2) is 55.9 Å². The van der Waals surface area contributed by atoms with Gasteiger partial charge in [0.05, 0.1) is 12.1 Å². The summed E-state index contributed by atoms with van der Waals surface area (Å²) in [6.45, 7) is 4.80. The maximum atomic E-state index is 10.7. The second-order valence-corrected chi connectivity index (χ2v) is 7.41. The minimum Gasteiger partial charge on any atom is -0.493 e. The van der Waals surface area contributed by atoms with Crippen molar-refractivity contribution in [3.8, 4) is 11.5 Å². The number of benzene rings is 1. The molecule has 1 aromatic carbocycles. The predicted octanol–water partition coefficient (Wildman–Crippen LogP) is 2.39. The molecule has 0 atom stereocenters. The normalized spacial score (nSPS) is 19.9. The standard InChI is InChI=1S/C18H25ClN2O4/c1-24-15-9-13(8-14(19)17(15)25-11-16(22)23)10-21-7-4-18(12-21)2-5-20-6-3-18/h8-9,20H,2-7,10-12H2,1H3,(H,22,23). The maximum Gasteiger partial charge on any atom is 0.341 e. The lowest BCUT2D eigenvalue weighted by Crippen LogP contribution is -2.38. The molecule has 2 N–H and O–H groups in total. The molecule has 138 valence electrons. The van der Waals surface area contributed by atoms with Crippen LogP contribution in [0.1, 0.15) is 24.8 Å². The third-order valence-electron chi connectivity index (χ3n) is 5.22. The molecule has 3 rings (SSSR count). The van der Waals surface area contributed by atoms with E-state index in [1.54, 1.807) is 0 Å². The van der Waals surface area contributed by atoms with Crippen molar-refractivity contribution in [2.75, 3.05) is 39.9 Å². The molecule has 0 aliphatic carbocycles. The van der Waals surface area contributed by atoms with Gasteiger partial charge in [0.15, 0.2) is 18.1 Å². The van der Waals surface area contributed by atoms with Gasteiger partial charge in [-0.3, -0.25) is 4.90 Å². The first-order valence-electron chi connectivity index (χ1n) is 8.65. The lowest BCUT2D eigenvalue weighted by Gasteiger charge is -2.34. The van der Waals surface area contributed by atoms with Crippen LogP contribution in [0.5, 0.6) is 11.5 Å². The number of halogens is 1. The molecule has 0 bridgehead atoms. The molecule has 0 radical (unpaired) electrons. The summed E-state index contributed by atoms with van der Waals surface area (Å²) in [7, 11) is 1.53. The highest BCUT2D eigenvalue weighted by molar-refractivity contribution is 6.32. The number of aliphatic carboxylic acids is 1. The fourth-order valence-electron chi connectivity index (χ4n) is 3.92. The number of likely N-dealkylation sites (tertiary alicyclic amines) is 1. The van der Waals surface area contributed by atoms with Gasteiger partial charge in [-0.2, -0.15) is 0 Å². The molecule has 0 aromatic heterocycles. The Morgan fingerprint density at radius 2 is 2.12 bits per heavy atom. The zero-order valence-corrected chi connectivity index (χ0v) is 15.3. The minimum absolute atomic E-state index is 0.284. The summed E-state index contributed by atoms with van der Waals surface area (Å²) >= 11 is 6.30. The first-order chi connectivity index (χ1) is 12.0. The number of carbonyl (C=O) groups is 1. The van der Waals surface area contributed by atoms with Crippen LogP contribution in [0.15, 0.2) is 12.1 Å². The molecule has 2 aliphatic rings. The van der Waals surface area contributed by atoms with E-state index in [0.717, 1.165) is 38.3 Å². The van der Waals surface area contributed by atoms with Crippen molar-refractivity contribution < 1.29 is 19.4 Å². The fraction of sp³-hybridized carbons (Fsp3) is 0.611. The first-order valence-corrected chi connectivity index (χ1v) is 9.03. The van der Waals surface area contributed by atoms with Gasteiger partial charge in [-0.15, -0.1) is 0 Å². The predicted molar refractivity (Wildman–Crippen MR) is 95.6 cm³/mol. The Morgan fingerprint density at radius 1 is 1.36 bits per heavy atom. The highest BCUT2D eigenvalue weighted by atomic mass is 35.5. The molecule has 2 saturated heterocycles. The third-order valence-corrected chi connectivity index (χ3v) is 5.50. The first kappa shape index (κ1) is 18.3. The van der Waals surface area contributed by atoms with Gasteiger partial charge in [0, 0.05) is 13.1 Å². The Labute approximate surface area is 153 Å². The Hall–Kier alpha value is -1.50. The number of rotatable bonds is 6. The smallest absolute Gasteiger partial charge is 0.341 e. The van der Waals surface area contributed by atoms with Crippen molar-refractivity contribution in [3.63, 3.8) is 0 Å². The van der Waals surface area contributed by atoms with Crippen LogP contribution in [0.3, 0.4) is 0 Å². The molecule has 0 saturated carbocycles. The number of methoxy groups -OCH3 is 1. The quantitative estimate of drug-likeness (QED) is 0.803. The number of hydrogen-bond donors (Lipinski definition) is 2. The number of carboxylic acids is 1. The van der Waals surface area contributed by atoms with Gasteiger partial charge >= 0.3 is 5.97 Å². The molecular formula is C18H25ClN2O4. The van der Waals surface area contributed by atoms with Crippen molar-refractivity contribution in [1.82, 2.24) is 10.2 Å². The Morgan fingerprint density at radius 3 is 2.80 bits per heavy atom. The number of piperidine rings is 1. The molecule has 7 heteroatoms. The van der Waals surface area contributed by atoms with E-state index in [1.807, 2.05) is 12.1 Å². The van der Waals surface area contributed by atoms with Gasteiger partial charge in [0.2, 0.25) is 0 Å². The van der Waals surface area contributed by atoms with E-state index >= 15 is 0 Å². The van der Waals surface area contributed by atoms with Crippen molar-refractivity contribution in [2.45, 2.75) is 25.8 Å². The molecule has 0 unspecified atom stereocenters. The molecule has 25 heavy (non-hydrogen) atoms. The van der Waals surface area contributed by atoms with Crippen LogP contribution >= 0.6 is 11.6 Å². The topological polar surface area (TPSA) is 71.0 Å². The number of ether oxygens (including phenoxy) is 2. The van der Waals surface area contributed by atoms with Gasteiger partial charge in [-0.1, -0.05) is 11.6 Å². The van der Waals surface area contributed by atoms with Gasteiger partial charge in [-0.25, -0.2) is 4.79 Å². The van der Waals surface area contributed by atoms with E-state index in [9.17, 15) is 4.79 Å². The second kappa shape index (κ2) is 7.81. The minimum atomic E-state index is -1.05. The molecule has 0 amide bonds. The summed E-state index contributed by atoms with van der Waals surface area (Å²) < 4.78 is 10.6. The lowest BCUT2D eigenvalue weighted by molar-refractivity contribution is -0.139. The Bertz CT molecular complexity index is 632. The molecule has 2 heterocycles. The van der Waals surface area contributed by atoms with E-state index in [0.29, 0.717) is 16.2 Å². The number of nitrogens with zero attached hydrogens (tertiary/aromatic N) is 1. The summed E-state index contributed by atoms with van der Waals surface area (Å²) in [5.41, 5.74) is 1.51. The molecule has 1 aromatic rings. The lowest BCUT2D eigenvalue weighted by atomic mass is 9.78. The summed E-state index contributed by atoms with van der Waals surface area (Å²) in [4.78, 5) is 13.2. The number of hydrogen-bond acceptors (Lipinski definition) is 5. The van der Waals surface area contributed by atoms with Gasteiger partial charge < -0.3 is 19.9 Å². The number of nitrogens with one attached hydrogen (secondary N) is 1. The summed E-state index contributed by atoms with van der Waals surface area (Å²) in [6.07, 6.45) is 3.74. The monoisotopic (exact) mass is 368 g/mol. The summed E-state index contributed by atoms with van der Waals surface area (Å²) in [5.74, 6) is -0.294. The molecule has 6 nitrogen and oxygen atoms in total. The summed E-state index contributed by atoms with van der Waals surface area (Å²) in [5, 5.41) is 12.6. The van der Waals surface area contributed by atoms with Crippen LogP contribution in [0.25, 0.3) is 0 Å². The Kier molecular flexibility index (Phi) is 5.71. The largest absolute Gasteiger partial charge is 0.493 e. The zero-order chi connectivity index (χ0) is 17.9. The summed E-state index contributed by atoms with van der Waals surface area (Å²) in [6, 6.07) is 3.73. The Balaban J connectivity index is 1.68. The van der Waals surface area contributed by atoms with E-state index in [2.05, 4.69) is 10.2 Å². The molecular weight excluding hydrogens is 344 g/mol. The SMILES string of the molecule is COc1cc(CN2CCC3(CCNCC3)C2)cc(Cl)c1OCC(=O)O. The highest BCUT2D eigenvalue weighted by Gasteiger charge is 2.38. The number of carboxylic acid groups (broad SMARTS) is 1. The van der Waals surface area contributed by atoms with Gasteiger partial charge in [0.1, 0.15) is 0 Å². The van der Waals surface area contributed by atoms with Crippen molar-refractivity contribution in [3.05, 3.63) is 22.7 Å². The van der Waals surface area contributed by atoms with Gasteiger partial charge in [-0.05, 0) is 62.0 Å². The second-order valence-electron chi connectivity index (χ2n) is 7.00.